The first-order valence-electron chi connectivity index (χ1n) is 8.00. The monoisotopic (exact) mass is 360 g/mol. The number of carbonyl (C=O) groups is 2. The Morgan fingerprint density at radius 3 is 3.08 bits per heavy atom. The highest BCUT2D eigenvalue weighted by molar-refractivity contribution is 7.10. The van der Waals surface area contributed by atoms with Gasteiger partial charge in [0, 0.05) is 11.3 Å². The molecule has 0 saturated carbocycles. The number of hydrogen-bond acceptors (Lipinski definition) is 7. The fraction of sp³-hybridized carbons (Fsp3) is 0.375. The lowest BCUT2D eigenvalue weighted by atomic mass is 10.0. The third kappa shape index (κ3) is 2.80. The van der Waals surface area contributed by atoms with Crippen molar-refractivity contribution in [1.82, 2.24) is 20.4 Å². The molecule has 0 spiro atoms. The first-order valence-corrected chi connectivity index (χ1v) is 8.88. The van der Waals surface area contributed by atoms with Gasteiger partial charge in [0.05, 0.1) is 17.3 Å². The first kappa shape index (κ1) is 15.8. The van der Waals surface area contributed by atoms with Gasteiger partial charge in [-0.3, -0.25) is 4.90 Å². The number of esters is 1. The molecule has 2 amide bonds. The van der Waals surface area contributed by atoms with Gasteiger partial charge < -0.3 is 14.6 Å². The molecule has 1 atom stereocenters. The minimum Gasteiger partial charge on any atom is -0.456 e. The number of hydrogen-bond donors (Lipinski definition) is 1. The van der Waals surface area contributed by atoms with Crippen molar-refractivity contribution in [2.24, 2.45) is 0 Å². The number of rotatable bonds is 5. The van der Waals surface area contributed by atoms with E-state index in [0.29, 0.717) is 29.4 Å². The molecule has 2 aliphatic heterocycles. The van der Waals surface area contributed by atoms with Gasteiger partial charge in [0.25, 0.3) is 0 Å². The fourth-order valence-corrected chi connectivity index (χ4v) is 3.75. The minimum atomic E-state index is -0.480. The predicted molar refractivity (Wildman–Crippen MR) is 87.4 cm³/mol. The molecule has 2 aromatic rings. The Balaban J connectivity index is 1.65. The summed E-state index contributed by atoms with van der Waals surface area (Å²) in [6.45, 7) is 2.20. The molecule has 4 rings (SSSR count). The molecule has 2 aliphatic rings. The maximum Gasteiger partial charge on any atom is 0.338 e. The van der Waals surface area contributed by atoms with Crippen LogP contribution in [0, 0.1) is 0 Å². The van der Waals surface area contributed by atoms with Gasteiger partial charge in [-0.15, -0.1) is 11.3 Å². The number of ether oxygens (including phenoxy) is 1. The Bertz CT molecular complexity index is 842. The number of nitrogens with zero attached hydrogens (tertiary/aromatic N) is 3. The van der Waals surface area contributed by atoms with Crippen LogP contribution in [0.2, 0.25) is 0 Å². The molecule has 0 fully saturated rings. The van der Waals surface area contributed by atoms with E-state index in [2.05, 4.69) is 15.5 Å². The molecule has 0 aromatic carbocycles. The highest BCUT2D eigenvalue weighted by atomic mass is 32.1. The van der Waals surface area contributed by atoms with Gasteiger partial charge in [-0.05, 0) is 17.9 Å². The zero-order chi connectivity index (χ0) is 17.4. The molecule has 1 unspecified atom stereocenters. The maximum atomic E-state index is 12.6. The number of nitrogens with one attached hydrogen (secondary N) is 1. The van der Waals surface area contributed by atoms with Gasteiger partial charge in [-0.25, -0.2) is 9.59 Å². The molecule has 25 heavy (non-hydrogen) atoms. The van der Waals surface area contributed by atoms with Crippen LogP contribution in [0.5, 0.6) is 0 Å². The lowest BCUT2D eigenvalue weighted by Gasteiger charge is -2.31. The number of aromatic nitrogens is 2. The number of aryl methyl sites for hydroxylation is 1. The van der Waals surface area contributed by atoms with Crippen LogP contribution in [0.1, 0.15) is 36.0 Å². The Labute approximate surface area is 147 Å². The third-order valence-corrected chi connectivity index (χ3v) is 5.04. The van der Waals surface area contributed by atoms with Crippen molar-refractivity contribution in [2.45, 2.75) is 32.4 Å². The van der Waals surface area contributed by atoms with Crippen LogP contribution in [0.25, 0.3) is 0 Å². The van der Waals surface area contributed by atoms with Gasteiger partial charge in [-0.1, -0.05) is 18.1 Å². The van der Waals surface area contributed by atoms with Crippen LogP contribution in [0.3, 0.4) is 0 Å². The van der Waals surface area contributed by atoms with Crippen molar-refractivity contribution in [2.75, 3.05) is 6.61 Å². The largest absolute Gasteiger partial charge is 0.456 e. The second-order valence-corrected chi connectivity index (χ2v) is 6.75. The van der Waals surface area contributed by atoms with E-state index in [0.717, 1.165) is 11.3 Å². The summed E-state index contributed by atoms with van der Waals surface area (Å²) in [4.78, 5) is 31.4. The average Bonchev–Trinajstić information content (AvgIpc) is 3.32. The lowest BCUT2D eigenvalue weighted by Crippen LogP contribution is -2.46. The van der Waals surface area contributed by atoms with Crippen LogP contribution in [0.4, 0.5) is 4.79 Å². The van der Waals surface area contributed by atoms with Crippen molar-refractivity contribution in [1.29, 1.82) is 0 Å². The summed E-state index contributed by atoms with van der Waals surface area (Å²) >= 11 is 1.48. The Kier molecular flexibility index (Phi) is 4.00. The standard InChI is InChI=1S/C16H16N4O4S/c1-2-4-11-17-12(24-19-11)7-20-9-8-23-15(21)13(9)14(18-16(20)22)10-5-3-6-25-10/h3,5-6,14H,2,4,7-8H2,1H3,(H,18,22). The number of urea groups is 1. The number of cyclic esters (lactones) is 1. The molecule has 0 radical (unpaired) electrons. The summed E-state index contributed by atoms with van der Waals surface area (Å²) in [5, 5.41) is 8.67. The first-order chi connectivity index (χ1) is 12.2. The molecule has 0 aliphatic carbocycles. The highest BCUT2D eigenvalue weighted by Gasteiger charge is 2.43. The molecule has 0 saturated heterocycles. The zero-order valence-electron chi connectivity index (χ0n) is 13.5. The molecule has 9 heteroatoms. The van der Waals surface area contributed by atoms with Crippen molar-refractivity contribution < 1.29 is 18.8 Å². The Hall–Kier alpha value is -2.68. The van der Waals surface area contributed by atoms with Gasteiger partial charge >= 0.3 is 12.0 Å². The van der Waals surface area contributed by atoms with E-state index in [1.54, 1.807) is 0 Å². The quantitative estimate of drug-likeness (QED) is 0.821. The van der Waals surface area contributed by atoms with Gasteiger partial charge in [0.2, 0.25) is 5.89 Å². The van der Waals surface area contributed by atoms with E-state index >= 15 is 0 Å². The third-order valence-electron chi connectivity index (χ3n) is 4.10. The van der Waals surface area contributed by atoms with Crippen LogP contribution in [0.15, 0.2) is 33.3 Å². The molecular formula is C16H16N4O4S. The molecule has 1 N–H and O–H groups in total. The smallest absolute Gasteiger partial charge is 0.338 e. The van der Waals surface area contributed by atoms with Gasteiger partial charge in [-0.2, -0.15) is 4.98 Å². The van der Waals surface area contributed by atoms with Gasteiger partial charge in [0.1, 0.15) is 13.2 Å². The van der Waals surface area contributed by atoms with E-state index in [1.807, 2.05) is 24.4 Å². The minimum absolute atomic E-state index is 0.0689. The van der Waals surface area contributed by atoms with E-state index in [1.165, 1.54) is 16.2 Å². The average molecular weight is 360 g/mol. The molecule has 0 bridgehead atoms. The van der Waals surface area contributed by atoms with Crippen LogP contribution >= 0.6 is 11.3 Å². The number of carbonyl (C=O) groups excluding carboxylic acids is 2. The lowest BCUT2D eigenvalue weighted by molar-refractivity contribution is -0.136. The highest BCUT2D eigenvalue weighted by Crippen LogP contribution is 2.37. The molecular weight excluding hydrogens is 344 g/mol. The summed E-state index contributed by atoms with van der Waals surface area (Å²) in [6, 6.07) is 2.97. The molecule has 8 nitrogen and oxygen atoms in total. The normalized spacial score (nSPS) is 19.9. The predicted octanol–water partition coefficient (Wildman–Crippen LogP) is 2.16. The zero-order valence-corrected chi connectivity index (χ0v) is 14.3. The molecule has 4 heterocycles. The summed E-state index contributed by atoms with van der Waals surface area (Å²) in [7, 11) is 0. The fourth-order valence-electron chi connectivity index (χ4n) is 2.96. The van der Waals surface area contributed by atoms with E-state index in [9.17, 15) is 9.59 Å². The topological polar surface area (TPSA) is 97.6 Å². The van der Waals surface area contributed by atoms with E-state index < -0.39 is 12.0 Å². The SMILES string of the molecule is CCCc1noc(CN2C(=O)NC(c3cccs3)C3=C2COC3=O)n1. The summed E-state index contributed by atoms with van der Waals surface area (Å²) in [5.74, 6) is 0.536. The second-order valence-electron chi connectivity index (χ2n) is 5.77. The molecule has 130 valence electrons. The summed E-state index contributed by atoms with van der Waals surface area (Å²) in [6.07, 6.45) is 1.62. The summed E-state index contributed by atoms with van der Waals surface area (Å²) < 4.78 is 10.4. The van der Waals surface area contributed by atoms with Crippen LogP contribution in [-0.2, 0) is 22.5 Å². The second kappa shape index (κ2) is 6.32. The van der Waals surface area contributed by atoms with Gasteiger partial charge in [0.15, 0.2) is 5.82 Å². The Morgan fingerprint density at radius 1 is 1.44 bits per heavy atom. The Morgan fingerprint density at radius 2 is 2.32 bits per heavy atom. The van der Waals surface area contributed by atoms with Crippen LogP contribution in [-0.4, -0.2) is 33.6 Å². The maximum absolute atomic E-state index is 12.6. The number of amides is 2. The van der Waals surface area contributed by atoms with Crippen molar-refractivity contribution in [3.63, 3.8) is 0 Å². The van der Waals surface area contributed by atoms with E-state index in [4.69, 9.17) is 9.26 Å². The summed E-state index contributed by atoms with van der Waals surface area (Å²) in [5.41, 5.74) is 1.03. The van der Waals surface area contributed by atoms with Crippen molar-refractivity contribution >= 4 is 23.3 Å². The van der Waals surface area contributed by atoms with Crippen molar-refractivity contribution in [3.8, 4) is 0 Å². The van der Waals surface area contributed by atoms with Crippen molar-refractivity contribution in [3.05, 3.63) is 45.4 Å². The number of thiophene rings is 1. The molecule has 2 aromatic heterocycles. The van der Waals surface area contributed by atoms with Crippen LogP contribution < -0.4 is 5.32 Å². The van der Waals surface area contributed by atoms with E-state index in [-0.39, 0.29) is 19.2 Å².